The van der Waals surface area contributed by atoms with Crippen LogP contribution in [0.15, 0.2) is 48.5 Å². The smallest absolute Gasteiger partial charge is 0.163 e. The molecular weight excluding hydrogens is 338 g/mol. The molecule has 2 aromatic carbocycles. The molecule has 1 aromatic heterocycles. The molecule has 3 N–H and O–H groups in total. The largest absolute Gasteiger partial charge is 0.384 e. The number of nitrogen functional groups attached to an aromatic ring is 1. The van der Waals surface area contributed by atoms with E-state index in [0.717, 1.165) is 0 Å². The maximum atomic E-state index is 13.0. The SMILES string of the molecule is Nc1cc(Nc2cc(Cl)cc(Cl)c2)nc(-c2ccc(F)cc2)n1. The van der Waals surface area contributed by atoms with Crippen molar-refractivity contribution in [3.63, 3.8) is 0 Å². The van der Waals surface area contributed by atoms with E-state index in [1.54, 1.807) is 36.4 Å². The van der Waals surface area contributed by atoms with Crippen molar-refractivity contribution in [2.75, 3.05) is 11.1 Å². The van der Waals surface area contributed by atoms with Crippen LogP contribution in [0.1, 0.15) is 0 Å². The molecular formula is C16H11Cl2FN4. The molecule has 1 heterocycles. The molecule has 3 aromatic rings. The minimum absolute atomic E-state index is 0.287. The lowest BCUT2D eigenvalue weighted by Gasteiger charge is -2.09. The van der Waals surface area contributed by atoms with E-state index in [1.165, 1.54) is 12.1 Å². The van der Waals surface area contributed by atoms with Gasteiger partial charge in [0.1, 0.15) is 17.5 Å². The summed E-state index contributed by atoms with van der Waals surface area (Å²) < 4.78 is 13.0. The fourth-order valence-corrected chi connectivity index (χ4v) is 2.56. The molecule has 0 saturated heterocycles. The Morgan fingerprint density at radius 1 is 0.913 bits per heavy atom. The van der Waals surface area contributed by atoms with Gasteiger partial charge in [0.2, 0.25) is 0 Å². The van der Waals surface area contributed by atoms with E-state index in [2.05, 4.69) is 15.3 Å². The standard InChI is InChI=1S/C16H11Cl2FN4/c17-10-5-11(18)7-13(6-10)21-15-8-14(20)22-16(23-15)9-1-3-12(19)4-2-9/h1-8H,(H3,20,21,22,23). The molecule has 0 unspecified atom stereocenters. The fourth-order valence-electron chi connectivity index (χ4n) is 2.03. The molecule has 0 aliphatic carbocycles. The second-order valence-electron chi connectivity index (χ2n) is 4.79. The summed E-state index contributed by atoms with van der Waals surface area (Å²) in [5, 5.41) is 4.08. The predicted octanol–water partition coefficient (Wildman–Crippen LogP) is 4.92. The van der Waals surface area contributed by atoms with Crippen LogP contribution in [0.2, 0.25) is 10.0 Å². The van der Waals surface area contributed by atoms with E-state index in [-0.39, 0.29) is 11.6 Å². The van der Waals surface area contributed by atoms with Gasteiger partial charge in [0.25, 0.3) is 0 Å². The second-order valence-corrected chi connectivity index (χ2v) is 5.66. The number of aromatic nitrogens is 2. The lowest BCUT2D eigenvalue weighted by atomic mass is 10.2. The van der Waals surface area contributed by atoms with Gasteiger partial charge in [-0.05, 0) is 42.5 Å². The summed E-state index contributed by atoms with van der Waals surface area (Å²) in [4.78, 5) is 8.54. The van der Waals surface area contributed by atoms with E-state index in [0.29, 0.717) is 32.9 Å². The van der Waals surface area contributed by atoms with Crippen LogP contribution >= 0.6 is 23.2 Å². The first-order chi connectivity index (χ1) is 11.0. The van der Waals surface area contributed by atoms with Gasteiger partial charge >= 0.3 is 0 Å². The molecule has 0 radical (unpaired) electrons. The Morgan fingerprint density at radius 2 is 1.57 bits per heavy atom. The number of rotatable bonds is 3. The highest BCUT2D eigenvalue weighted by atomic mass is 35.5. The summed E-state index contributed by atoms with van der Waals surface area (Å²) in [5.41, 5.74) is 7.15. The van der Waals surface area contributed by atoms with E-state index in [4.69, 9.17) is 28.9 Å². The van der Waals surface area contributed by atoms with Gasteiger partial charge in [-0.25, -0.2) is 14.4 Å². The van der Waals surface area contributed by atoms with Crippen molar-refractivity contribution in [1.29, 1.82) is 0 Å². The first-order valence-electron chi connectivity index (χ1n) is 6.63. The molecule has 0 amide bonds. The third kappa shape index (κ3) is 3.88. The number of nitrogens with one attached hydrogen (secondary N) is 1. The zero-order valence-corrected chi connectivity index (χ0v) is 13.2. The number of hydrogen-bond acceptors (Lipinski definition) is 4. The van der Waals surface area contributed by atoms with Crippen LogP contribution in [-0.2, 0) is 0 Å². The molecule has 116 valence electrons. The molecule has 0 aliphatic heterocycles. The second kappa shape index (κ2) is 6.40. The zero-order chi connectivity index (χ0) is 16.4. The lowest BCUT2D eigenvalue weighted by Crippen LogP contribution is -2.01. The molecule has 0 fully saturated rings. The van der Waals surface area contributed by atoms with Crippen LogP contribution in [0, 0.1) is 5.82 Å². The van der Waals surface area contributed by atoms with Gasteiger partial charge in [0.05, 0.1) is 0 Å². The van der Waals surface area contributed by atoms with Crippen molar-refractivity contribution in [1.82, 2.24) is 9.97 Å². The number of nitrogens with zero attached hydrogens (tertiary/aromatic N) is 2. The van der Waals surface area contributed by atoms with Gasteiger partial charge in [-0.1, -0.05) is 23.2 Å². The Morgan fingerprint density at radius 3 is 2.22 bits per heavy atom. The minimum Gasteiger partial charge on any atom is -0.384 e. The normalized spacial score (nSPS) is 10.6. The fraction of sp³-hybridized carbons (Fsp3) is 0. The summed E-state index contributed by atoms with van der Waals surface area (Å²) in [6.45, 7) is 0. The van der Waals surface area contributed by atoms with Crippen molar-refractivity contribution >= 4 is 40.5 Å². The monoisotopic (exact) mass is 348 g/mol. The van der Waals surface area contributed by atoms with E-state index >= 15 is 0 Å². The number of nitrogens with two attached hydrogens (primary N) is 1. The quantitative estimate of drug-likeness (QED) is 0.705. The lowest BCUT2D eigenvalue weighted by molar-refractivity contribution is 0.628. The Labute approximate surface area is 142 Å². The Kier molecular flexibility index (Phi) is 4.32. The highest BCUT2D eigenvalue weighted by Gasteiger charge is 2.07. The third-order valence-corrected chi connectivity index (χ3v) is 3.42. The van der Waals surface area contributed by atoms with E-state index < -0.39 is 0 Å². The highest BCUT2D eigenvalue weighted by molar-refractivity contribution is 6.35. The molecule has 0 aliphatic rings. The summed E-state index contributed by atoms with van der Waals surface area (Å²) in [6, 6.07) is 12.5. The van der Waals surface area contributed by atoms with E-state index in [9.17, 15) is 4.39 Å². The Balaban J connectivity index is 1.95. The third-order valence-electron chi connectivity index (χ3n) is 2.98. The first kappa shape index (κ1) is 15.5. The molecule has 7 heteroatoms. The topological polar surface area (TPSA) is 63.8 Å². The molecule has 4 nitrogen and oxygen atoms in total. The van der Waals surface area contributed by atoms with Gasteiger partial charge in [-0.15, -0.1) is 0 Å². The predicted molar refractivity (Wildman–Crippen MR) is 91.6 cm³/mol. The van der Waals surface area contributed by atoms with Gasteiger partial charge in [-0.2, -0.15) is 0 Å². The minimum atomic E-state index is -0.329. The van der Waals surface area contributed by atoms with Crippen molar-refractivity contribution in [3.8, 4) is 11.4 Å². The zero-order valence-electron chi connectivity index (χ0n) is 11.7. The highest BCUT2D eigenvalue weighted by Crippen LogP contribution is 2.26. The van der Waals surface area contributed by atoms with Crippen LogP contribution in [0.25, 0.3) is 11.4 Å². The van der Waals surface area contributed by atoms with Crippen LogP contribution in [0.3, 0.4) is 0 Å². The van der Waals surface area contributed by atoms with Crippen molar-refractivity contribution < 1.29 is 4.39 Å². The molecule has 23 heavy (non-hydrogen) atoms. The van der Waals surface area contributed by atoms with Crippen molar-refractivity contribution in [2.24, 2.45) is 0 Å². The van der Waals surface area contributed by atoms with Crippen molar-refractivity contribution in [3.05, 3.63) is 64.4 Å². The maximum Gasteiger partial charge on any atom is 0.163 e. The number of benzene rings is 2. The molecule has 0 saturated carbocycles. The van der Waals surface area contributed by atoms with Gasteiger partial charge < -0.3 is 11.1 Å². The average Bonchev–Trinajstić information content (AvgIpc) is 2.46. The Hall–Kier alpha value is -2.37. The Bertz CT molecular complexity index is 833. The van der Waals surface area contributed by atoms with Crippen LogP contribution in [-0.4, -0.2) is 9.97 Å². The summed E-state index contributed by atoms with van der Waals surface area (Å²) in [7, 11) is 0. The number of halogens is 3. The first-order valence-corrected chi connectivity index (χ1v) is 7.39. The van der Waals surface area contributed by atoms with Crippen LogP contribution in [0.5, 0.6) is 0 Å². The van der Waals surface area contributed by atoms with Gasteiger partial charge in [-0.3, -0.25) is 0 Å². The molecule has 3 rings (SSSR count). The molecule has 0 bridgehead atoms. The molecule has 0 spiro atoms. The van der Waals surface area contributed by atoms with E-state index in [1.807, 2.05) is 0 Å². The van der Waals surface area contributed by atoms with Crippen LogP contribution in [0.4, 0.5) is 21.7 Å². The number of hydrogen-bond donors (Lipinski definition) is 2. The van der Waals surface area contributed by atoms with Gasteiger partial charge in [0.15, 0.2) is 5.82 Å². The summed E-state index contributed by atoms with van der Waals surface area (Å²) in [6.07, 6.45) is 0. The summed E-state index contributed by atoms with van der Waals surface area (Å²) >= 11 is 11.9. The van der Waals surface area contributed by atoms with Gasteiger partial charge in [0, 0.05) is 27.4 Å². The van der Waals surface area contributed by atoms with Crippen molar-refractivity contribution in [2.45, 2.75) is 0 Å². The number of anilines is 3. The summed E-state index contributed by atoms with van der Waals surface area (Å²) in [5.74, 6) is 0.829. The maximum absolute atomic E-state index is 13.0. The average molecular weight is 349 g/mol. The molecule has 0 atom stereocenters. The van der Waals surface area contributed by atoms with Crippen LogP contribution < -0.4 is 11.1 Å².